The largest absolute Gasteiger partial charge is 0.490 e. The third-order valence-electron chi connectivity index (χ3n) is 1.04. The summed E-state index contributed by atoms with van der Waals surface area (Å²) in [4.78, 5) is 0. The van der Waals surface area contributed by atoms with Crippen LogP contribution in [0.2, 0.25) is 0 Å². The molecule has 1 heterocycles. The van der Waals surface area contributed by atoms with Gasteiger partial charge in [-0.1, -0.05) is 19.0 Å². The molecule has 0 aliphatic carbocycles. The van der Waals surface area contributed by atoms with Crippen molar-refractivity contribution in [2.45, 2.75) is 19.8 Å². The summed E-state index contributed by atoms with van der Waals surface area (Å²) in [6.07, 6.45) is 0. The molecular formula is C5H8N2O2. The van der Waals surface area contributed by atoms with Gasteiger partial charge in [-0.2, -0.15) is 0 Å². The van der Waals surface area contributed by atoms with Gasteiger partial charge < -0.3 is 5.11 Å². The number of rotatable bonds is 1. The predicted octanol–water partition coefficient (Wildman–Crippen LogP) is 0.899. The number of hydrogen-bond acceptors (Lipinski definition) is 4. The zero-order valence-electron chi connectivity index (χ0n) is 5.33. The van der Waals surface area contributed by atoms with E-state index in [0.29, 0.717) is 5.69 Å². The highest BCUT2D eigenvalue weighted by Crippen LogP contribution is 2.19. The van der Waals surface area contributed by atoms with Gasteiger partial charge in [0.05, 0.1) is 0 Å². The maximum absolute atomic E-state index is 8.85. The Morgan fingerprint density at radius 2 is 2.11 bits per heavy atom. The Balaban J connectivity index is 2.94. The smallest absolute Gasteiger partial charge is 0.276 e. The van der Waals surface area contributed by atoms with E-state index in [0.717, 1.165) is 0 Å². The van der Waals surface area contributed by atoms with E-state index >= 15 is 0 Å². The summed E-state index contributed by atoms with van der Waals surface area (Å²) in [6.45, 7) is 3.80. The van der Waals surface area contributed by atoms with Gasteiger partial charge >= 0.3 is 0 Å². The molecule has 0 atom stereocenters. The fraction of sp³-hybridized carbons (Fsp3) is 0.600. The first-order chi connectivity index (χ1) is 4.22. The fourth-order valence-corrected chi connectivity index (χ4v) is 0.554. The van der Waals surface area contributed by atoms with E-state index in [-0.39, 0.29) is 11.8 Å². The van der Waals surface area contributed by atoms with E-state index in [1.165, 1.54) is 0 Å². The van der Waals surface area contributed by atoms with Gasteiger partial charge in [0.25, 0.3) is 5.88 Å². The average molecular weight is 128 g/mol. The van der Waals surface area contributed by atoms with Crippen LogP contribution in [0.1, 0.15) is 25.5 Å². The average Bonchev–Trinajstić information content (AvgIpc) is 2.13. The quantitative estimate of drug-likeness (QED) is 0.610. The minimum atomic E-state index is -0.106. The number of nitrogens with zero attached hydrogens (tertiary/aromatic N) is 2. The van der Waals surface area contributed by atoms with Gasteiger partial charge in [0.2, 0.25) is 0 Å². The zero-order chi connectivity index (χ0) is 6.85. The molecule has 0 spiro atoms. The van der Waals surface area contributed by atoms with Gasteiger partial charge in [-0.15, -0.1) is 0 Å². The molecule has 4 heteroatoms. The molecule has 0 saturated heterocycles. The molecule has 9 heavy (non-hydrogen) atoms. The summed E-state index contributed by atoms with van der Waals surface area (Å²) in [5.41, 5.74) is 0.509. The van der Waals surface area contributed by atoms with Crippen molar-refractivity contribution in [1.82, 2.24) is 10.3 Å². The van der Waals surface area contributed by atoms with Crippen LogP contribution in [0.15, 0.2) is 4.63 Å². The van der Waals surface area contributed by atoms with Crippen molar-refractivity contribution in [3.63, 3.8) is 0 Å². The third-order valence-corrected chi connectivity index (χ3v) is 1.04. The second-order valence-corrected chi connectivity index (χ2v) is 2.13. The van der Waals surface area contributed by atoms with Crippen molar-refractivity contribution in [3.8, 4) is 5.88 Å². The first kappa shape index (κ1) is 6.07. The number of aromatic nitrogens is 2. The van der Waals surface area contributed by atoms with E-state index in [1.807, 2.05) is 13.8 Å². The lowest BCUT2D eigenvalue weighted by Gasteiger charge is -1.93. The van der Waals surface area contributed by atoms with Crippen LogP contribution in [0.5, 0.6) is 5.88 Å². The second kappa shape index (κ2) is 2.05. The summed E-state index contributed by atoms with van der Waals surface area (Å²) in [6, 6.07) is 0. The number of aromatic hydroxyl groups is 1. The fourth-order valence-electron chi connectivity index (χ4n) is 0.554. The van der Waals surface area contributed by atoms with Gasteiger partial charge in [0.15, 0.2) is 5.69 Å². The highest BCUT2D eigenvalue weighted by atomic mass is 16.6. The molecular weight excluding hydrogens is 120 g/mol. The third kappa shape index (κ3) is 1.01. The first-order valence-corrected chi connectivity index (χ1v) is 2.73. The molecule has 0 aliphatic heterocycles. The van der Waals surface area contributed by atoms with Crippen molar-refractivity contribution in [3.05, 3.63) is 5.69 Å². The van der Waals surface area contributed by atoms with Crippen LogP contribution in [0.25, 0.3) is 0 Å². The molecule has 0 saturated carbocycles. The lowest BCUT2D eigenvalue weighted by Crippen LogP contribution is -1.85. The molecule has 0 aliphatic rings. The van der Waals surface area contributed by atoms with Crippen LogP contribution in [0, 0.1) is 0 Å². The molecule has 4 nitrogen and oxygen atoms in total. The molecule has 1 N–H and O–H groups in total. The Labute approximate surface area is 52.5 Å². The minimum Gasteiger partial charge on any atom is -0.490 e. The lowest BCUT2D eigenvalue weighted by atomic mass is 10.1. The van der Waals surface area contributed by atoms with Crippen LogP contribution in [0.3, 0.4) is 0 Å². The van der Waals surface area contributed by atoms with E-state index < -0.39 is 0 Å². The molecule has 0 bridgehead atoms. The molecule has 0 fully saturated rings. The van der Waals surface area contributed by atoms with E-state index in [9.17, 15) is 0 Å². The lowest BCUT2D eigenvalue weighted by molar-refractivity contribution is 0.285. The van der Waals surface area contributed by atoms with Crippen molar-refractivity contribution < 1.29 is 9.74 Å². The maximum atomic E-state index is 8.85. The van der Waals surface area contributed by atoms with Gasteiger partial charge in [-0.05, 0) is 5.16 Å². The molecule has 1 aromatic heterocycles. The Morgan fingerprint density at radius 1 is 1.44 bits per heavy atom. The normalized spacial score (nSPS) is 10.6. The Kier molecular flexibility index (Phi) is 1.38. The Morgan fingerprint density at radius 3 is 2.33 bits per heavy atom. The van der Waals surface area contributed by atoms with E-state index in [2.05, 4.69) is 14.9 Å². The van der Waals surface area contributed by atoms with Gasteiger partial charge in [-0.25, -0.2) is 4.63 Å². The second-order valence-electron chi connectivity index (χ2n) is 2.13. The van der Waals surface area contributed by atoms with Crippen molar-refractivity contribution >= 4 is 0 Å². The van der Waals surface area contributed by atoms with Crippen LogP contribution < -0.4 is 0 Å². The molecule has 0 unspecified atom stereocenters. The summed E-state index contributed by atoms with van der Waals surface area (Å²) < 4.78 is 4.26. The van der Waals surface area contributed by atoms with E-state index in [1.54, 1.807) is 0 Å². The monoisotopic (exact) mass is 128 g/mol. The highest BCUT2D eigenvalue weighted by Gasteiger charge is 2.10. The van der Waals surface area contributed by atoms with Crippen molar-refractivity contribution in [2.75, 3.05) is 0 Å². The summed E-state index contributed by atoms with van der Waals surface area (Å²) >= 11 is 0. The molecule has 0 aromatic carbocycles. The molecule has 0 amide bonds. The molecule has 0 radical (unpaired) electrons. The number of hydrogen-bond donors (Lipinski definition) is 1. The summed E-state index contributed by atoms with van der Waals surface area (Å²) in [5.74, 6) is 0.0567. The van der Waals surface area contributed by atoms with E-state index in [4.69, 9.17) is 5.11 Å². The Bertz CT molecular complexity index is 195. The van der Waals surface area contributed by atoms with Gasteiger partial charge in [0, 0.05) is 5.92 Å². The minimum absolute atomic E-state index is 0.106. The first-order valence-electron chi connectivity index (χ1n) is 2.73. The molecule has 1 rings (SSSR count). The van der Waals surface area contributed by atoms with Crippen molar-refractivity contribution in [1.29, 1.82) is 0 Å². The molecule has 50 valence electrons. The zero-order valence-corrected chi connectivity index (χ0v) is 5.33. The van der Waals surface area contributed by atoms with Crippen LogP contribution >= 0.6 is 0 Å². The standard InChI is InChI=1S/C5H8N2O2/c1-3(2)4-5(8)7-9-6-4/h3H,1-2H3,(H,7,8). The van der Waals surface area contributed by atoms with Crippen LogP contribution in [-0.2, 0) is 0 Å². The Hall–Kier alpha value is -1.06. The SMILES string of the molecule is CC(C)c1nonc1O. The summed E-state index contributed by atoms with van der Waals surface area (Å²) in [5, 5.41) is 15.5. The van der Waals surface area contributed by atoms with Gasteiger partial charge in [-0.3, -0.25) is 0 Å². The summed E-state index contributed by atoms with van der Waals surface area (Å²) in [7, 11) is 0. The predicted molar refractivity (Wildman–Crippen MR) is 30.1 cm³/mol. The van der Waals surface area contributed by atoms with Gasteiger partial charge in [0.1, 0.15) is 0 Å². The van der Waals surface area contributed by atoms with Crippen LogP contribution in [-0.4, -0.2) is 15.4 Å². The highest BCUT2D eigenvalue weighted by molar-refractivity contribution is 5.15. The maximum Gasteiger partial charge on any atom is 0.276 e. The van der Waals surface area contributed by atoms with Crippen LogP contribution in [0.4, 0.5) is 0 Å². The molecule has 1 aromatic rings. The van der Waals surface area contributed by atoms with Crippen molar-refractivity contribution in [2.24, 2.45) is 0 Å². The topological polar surface area (TPSA) is 59.2 Å².